The third-order valence-electron chi connectivity index (χ3n) is 16.8. The van der Waals surface area contributed by atoms with Crippen molar-refractivity contribution in [1.29, 1.82) is 0 Å². The number of carbonyl (C=O) groups excluding carboxylic acids is 3. The molecule has 0 heterocycles. The molecule has 18 heteroatoms. The van der Waals surface area contributed by atoms with Gasteiger partial charge in [-0.3, -0.25) is 32.5 Å². The van der Waals surface area contributed by atoms with Gasteiger partial charge >= 0.3 is 33.6 Å². The van der Waals surface area contributed by atoms with Gasteiger partial charge in [-0.05, 0) is 167 Å². The van der Waals surface area contributed by atoms with Crippen LogP contribution in [0.5, 0.6) is 0 Å². The molecule has 16 nitrogen and oxygen atoms in total. The molecule has 0 amide bonds. The quantitative estimate of drug-likeness (QED) is 0.0146. The van der Waals surface area contributed by atoms with Crippen molar-refractivity contribution >= 4 is 33.6 Å². The standard InChI is InChI=1S/C91H148O16P2/c1-4-7-10-13-16-19-22-25-28-31-34-37-38-39-40-41-42-43-44-45-46-49-51-53-56-59-62-65-68-71-74-77-89(94)101-80-86(92)81-103-108(97,98)104-82-87(93)83-105-109(99,100)106-85-88(107-91(96)79-76-73-70-67-64-61-58-55-52-48-36-33-30-27-24-21-18-15-12-9-6-3)84-102-90(95)78-75-72-69-66-63-60-57-54-50-47-35-32-29-26-23-20-17-14-11-8-5-2/h8-9,11-12,16-21,25-30,34-37,39-40,47-48,54-55,57-58,63-64,66-67,86-88,92-93H,4-7,10,13-15,22-24,31-33,38,41-46,49-53,56,59-62,65,68-85H2,1-3H3,(H,97,98)(H,99,100)/b11-8-,12-9-,19-16-,20-17-,21-18-,28-25-,29-26-,30-27-,37-34-,40-39-,47-35-,48-36-,57-54-,58-55-,66-63-,67-64-. The fourth-order valence-electron chi connectivity index (χ4n) is 10.5. The maximum atomic E-state index is 13.0. The number of hydrogen-bond donors (Lipinski definition) is 4. The summed E-state index contributed by atoms with van der Waals surface area (Å²) in [5.41, 5.74) is 0. The summed E-state index contributed by atoms with van der Waals surface area (Å²) in [7, 11) is -9.84. The Morgan fingerprint density at radius 1 is 0.266 bits per heavy atom. The number of phosphoric ester groups is 2. The Balaban J connectivity index is 4.66. The molecular weight excluding hydrogens is 1410 g/mol. The highest BCUT2D eigenvalue weighted by Crippen LogP contribution is 2.45. The highest BCUT2D eigenvalue weighted by atomic mass is 31.2. The predicted octanol–water partition coefficient (Wildman–Crippen LogP) is 25.1. The number of ether oxygens (including phenoxy) is 3. The van der Waals surface area contributed by atoms with E-state index in [4.69, 9.17) is 32.3 Å². The predicted molar refractivity (Wildman–Crippen MR) is 454 cm³/mol. The van der Waals surface area contributed by atoms with E-state index in [2.05, 4.69) is 215 Å². The van der Waals surface area contributed by atoms with Gasteiger partial charge in [0, 0.05) is 19.3 Å². The Labute approximate surface area is 661 Å². The monoisotopic (exact) mass is 1560 g/mol. The summed E-state index contributed by atoms with van der Waals surface area (Å²) in [6.45, 7) is 2.31. The van der Waals surface area contributed by atoms with Gasteiger partial charge < -0.3 is 34.2 Å². The molecule has 0 aliphatic carbocycles. The fourth-order valence-corrected chi connectivity index (χ4v) is 12.1. The highest BCUT2D eigenvalue weighted by Gasteiger charge is 2.29. The summed E-state index contributed by atoms with van der Waals surface area (Å²) < 4.78 is 61.2. The largest absolute Gasteiger partial charge is 0.472 e. The second kappa shape index (κ2) is 81.9. The fraction of sp³-hybridized carbons (Fsp3) is 0.615. The topological polar surface area (TPSA) is 231 Å². The minimum absolute atomic E-state index is 0.0312. The molecule has 618 valence electrons. The molecule has 0 radical (unpaired) electrons. The molecule has 0 fully saturated rings. The minimum atomic E-state index is -4.97. The minimum Gasteiger partial charge on any atom is -0.463 e. The third-order valence-corrected chi connectivity index (χ3v) is 18.7. The lowest BCUT2D eigenvalue weighted by atomic mass is 10.0. The van der Waals surface area contributed by atoms with Crippen LogP contribution < -0.4 is 0 Å². The van der Waals surface area contributed by atoms with Gasteiger partial charge in [0.15, 0.2) is 6.10 Å². The zero-order valence-corrected chi connectivity index (χ0v) is 69.4. The average Bonchev–Trinajstić information content (AvgIpc) is 0.902. The summed E-state index contributed by atoms with van der Waals surface area (Å²) in [5, 5.41) is 20.7. The van der Waals surface area contributed by atoms with E-state index in [1.807, 2.05) is 0 Å². The number of rotatable bonds is 77. The Bertz CT molecular complexity index is 2760. The van der Waals surface area contributed by atoms with Gasteiger partial charge in [0.05, 0.1) is 26.4 Å². The van der Waals surface area contributed by atoms with Crippen LogP contribution in [-0.4, -0.2) is 95.9 Å². The van der Waals surface area contributed by atoms with E-state index >= 15 is 0 Å². The number of esters is 3. The molecule has 0 aromatic carbocycles. The molecule has 0 aromatic heterocycles. The molecule has 109 heavy (non-hydrogen) atoms. The Morgan fingerprint density at radius 3 is 0.789 bits per heavy atom. The van der Waals surface area contributed by atoms with E-state index in [1.165, 1.54) is 103 Å². The van der Waals surface area contributed by atoms with Crippen molar-refractivity contribution in [2.75, 3.05) is 39.6 Å². The van der Waals surface area contributed by atoms with Crippen LogP contribution in [0.2, 0.25) is 0 Å². The molecule has 5 unspecified atom stereocenters. The summed E-state index contributed by atoms with van der Waals surface area (Å²) in [4.78, 5) is 58.8. The van der Waals surface area contributed by atoms with E-state index in [0.29, 0.717) is 25.7 Å². The number of aliphatic hydroxyl groups is 2. The third kappa shape index (κ3) is 83.2. The lowest BCUT2D eigenvalue weighted by Gasteiger charge is -2.21. The van der Waals surface area contributed by atoms with Crippen molar-refractivity contribution in [3.63, 3.8) is 0 Å². The first-order valence-electron chi connectivity index (χ1n) is 41.7. The maximum absolute atomic E-state index is 13.0. The molecule has 4 N–H and O–H groups in total. The second-order valence-corrected chi connectivity index (χ2v) is 30.1. The summed E-state index contributed by atoms with van der Waals surface area (Å²) in [6.07, 6.45) is 108. The highest BCUT2D eigenvalue weighted by molar-refractivity contribution is 7.47. The van der Waals surface area contributed by atoms with Crippen molar-refractivity contribution in [3.8, 4) is 0 Å². The van der Waals surface area contributed by atoms with Gasteiger partial charge in [-0.25, -0.2) is 9.13 Å². The zero-order chi connectivity index (χ0) is 79.4. The molecular formula is C91H148O16P2. The summed E-state index contributed by atoms with van der Waals surface area (Å²) in [5.74, 6) is -1.69. The molecule has 0 aromatic rings. The Hall–Kier alpha value is -5.61. The van der Waals surface area contributed by atoms with E-state index < -0.39 is 91.5 Å². The van der Waals surface area contributed by atoms with Crippen LogP contribution >= 0.6 is 15.6 Å². The molecule has 0 aliphatic heterocycles. The van der Waals surface area contributed by atoms with E-state index in [9.17, 15) is 43.5 Å². The number of hydrogen-bond acceptors (Lipinski definition) is 14. The SMILES string of the molecule is CC/C=C\C/C=C\C/C=C\C/C=C\C/C=C\C/C=C\CCCCC(=O)OCC(COP(=O)(O)OCC(O)COP(=O)(O)OCC(O)COC(=O)CCCCCCCCCCCCCCCCC/C=C\C/C=C\C/C=C\C/C=C\CCCCC)OC(=O)CCCC/C=C\C/C=C\C/C=C\C/C=C\C/C=C\C/C=C\CC. The van der Waals surface area contributed by atoms with E-state index in [1.54, 1.807) is 0 Å². The van der Waals surface area contributed by atoms with Crippen molar-refractivity contribution in [2.45, 2.75) is 322 Å². The Morgan fingerprint density at radius 2 is 0.486 bits per heavy atom. The van der Waals surface area contributed by atoms with Crippen molar-refractivity contribution in [3.05, 3.63) is 194 Å². The van der Waals surface area contributed by atoms with Crippen LogP contribution in [0.25, 0.3) is 0 Å². The first-order valence-corrected chi connectivity index (χ1v) is 44.7. The van der Waals surface area contributed by atoms with E-state index in [-0.39, 0.29) is 19.3 Å². The smallest absolute Gasteiger partial charge is 0.463 e. The number of aliphatic hydroxyl groups excluding tert-OH is 2. The molecule has 0 bridgehead atoms. The molecule has 0 saturated heterocycles. The second-order valence-electron chi connectivity index (χ2n) is 27.2. The van der Waals surface area contributed by atoms with Crippen LogP contribution in [0.15, 0.2) is 194 Å². The molecule has 0 saturated carbocycles. The van der Waals surface area contributed by atoms with Gasteiger partial charge in [-0.1, -0.05) is 312 Å². The van der Waals surface area contributed by atoms with Crippen molar-refractivity contribution < 1.29 is 75.8 Å². The Kier molecular flexibility index (Phi) is 77.7. The van der Waals surface area contributed by atoms with Crippen LogP contribution in [0, 0.1) is 0 Å². The number of phosphoric acid groups is 2. The lowest BCUT2D eigenvalue weighted by molar-refractivity contribution is -0.161. The summed E-state index contributed by atoms with van der Waals surface area (Å²) in [6, 6.07) is 0. The maximum Gasteiger partial charge on any atom is 0.472 e. The van der Waals surface area contributed by atoms with Gasteiger partial charge in [-0.2, -0.15) is 0 Å². The van der Waals surface area contributed by atoms with Crippen LogP contribution in [0.1, 0.15) is 303 Å². The van der Waals surface area contributed by atoms with Gasteiger partial charge in [-0.15, -0.1) is 0 Å². The van der Waals surface area contributed by atoms with Crippen LogP contribution in [0.3, 0.4) is 0 Å². The van der Waals surface area contributed by atoms with Crippen molar-refractivity contribution in [2.24, 2.45) is 0 Å². The molecule has 5 atom stereocenters. The lowest BCUT2D eigenvalue weighted by Crippen LogP contribution is -2.30. The number of allylic oxidation sites excluding steroid dienone is 32. The van der Waals surface area contributed by atoms with Gasteiger partial charge in [0.25, 0.3) is 0 Å². The summed E-state index contributed by atoms with van der Waals surface area (Å²) >= 11 is 0. The molecule has 0 spiro atoms. The normalized spacial score (nSPS) is 14.9. The molecule has 0 aliphatic rings. The number of unbranched alkanes of at least 4 members (excludes halogenated alkanes) is 22. The first-order chi connectivity index (χ1) is 53.2. The van der Waals surface area contributed by atoms with E-state index in [0.717, 1.165) is 135 Å². The zero-order valence-electron chi connectivity index (χ0n) is 67.6. The van der Waals surface area contributed by atoms with Crippen LogP contribution in [-0.2, 0) is 55.8 Å². The average molecular weight is 1560 g/mol. The van der Waals surface area contributed by atoms with Gasteiger partial charge in [0.1, 0.15) is 25.4 Å². The van der Waals surface area contributed by atoms with Crippen molar-refractivity contribution in [1.82, 2.24) is 0 Å². The number of carbonyl (C=O) groups is 3. The first kappa shape index (κ1) is 103. The van der Waals surface area contributed by atoms with Crippen LogP contribution in [0.4, 0.5) is 0 Å². The van der Waals surface area contributed by atoms with Gasteiger partial charge in [0.2, 0.25) is 0 Å². The molecule has 0 rings (SSSR count).